The molecule has 98 valence electrons. The van der Waals surface area contributed by atoms with Crippen molar-refractivity contribution in [1.29, 1.82) is 0 Å². The number of rotatable bonds is 4. The number of hydrogen-bond donors (Lipinski definition) is 1. The van der Waals surface area contributed by atoms with Crippen LogP contribution in [0.15, 0.2) is 24.3 Å². The van der Waals surface area contributed by atoms with Crippen LogP contribution in [-0.4, -0.2) is 21.7 Å². The Hall–Kier alpha value is -1.62. The largest absolute Gasteiger partial charge is 0.345 e. The molecule has 1 aromatic carbocycles. The number of nitro benzene ring substituents is 1. The molecule has 0 aliphatic carbocycles. The van der Waals surface area contributed by atoms with Gasteiger partial charge in [-0.2, -0.15) is 0 Å². The summed E-state index contributed by atoms with van der Waals surface area (Å²) < 4.78 is 0. The van der Waals surface area contributed by atoms with Crippen molar-refractivity contribution in [3.8, 4) is 0 Å². The van der Waals surface area contributed by atoms with Crippen LogP contribution in [0.2, 0.25) is 0 Å². The number of hydrogen-bond acceptors (Lipinski definition) is 3. The number of carbonyl (C=O) groups is 1. The molecule has 6 heteroatoms. The average molecular weight is 271 g/mol. The lowest BCUT2D eigenvalue weighted by Crippen LogP contribution is -2.49. The number of nitrogens with one attached hydrogen (secondary N) is 1. The molecule has 0 aliphatic rings. The van der Waals surface area contributed by atoms with E-state index in [0.29, 0.717) is 0 Å². The van der Waals surface area contributed by atoms with Gasteiger partial charge in [-0.3, -0.25) is 14.9 Å². The minimum Gasteiger partial charge on any atom is -0.345 e. The van der Waals surface area contributed by atoms with Gasteiger partial charge in [-0.15, -0.1) is 11.6 Å². The Morgan fingerprint density at radius 3 is 2.50 bits per heavy atom. The van der Waals surface area contributed by atoms with E-state index in [9.17, 15) is 14.9 Å². The quantitative estimate of drug-likeness (QED) is 0.519. The summed E-state index contributed by atoms with van der Waals surface area (Å²) in [4.78, 5) is 22.3. The normalized spacial score (nSPS) is 12.9. The first-order valence-corrected chi connectivity index (χ1v) is 5.89. The molecule has 1 atom stereocenters. The molecule has 0 saturated carbocycles. The average Bonchev–Trinajstić information content (AvgIpc) is 2.28. The first kappa shape index (κ1) is 14.4. The second-order valence-electron chi connectivity index (χ2n) is 4.57. The van der Waals surface area contributed by atoms with E-state index in [2.05, 4.69) is 5.32 Å². The summed E-state index contributed by atoms with van der Waals surface area (Å²) in [5, 5.41) is 13.2. The Balaban J connectivity index is 3.02. The molecular weight excluding hydrogens is 256 g/mol. The van der Waals surface area contributed by atoms with E-state index in [1.165, 1.54) is 18.2 Å². The van der Waals surface area contributed by atoms with E-state index in [4.69, 9.17) is 11.6 Å². The van der Waals surface area contributed by atoms with Gasteiger partial charge in [0.2, 0.25) is 0 Å². The summed E-state index contributed by atoms with van der Waals surface area (Å²) in [5.41, 5.74) is -0.830. The third kappa shape index (κ3) is 3.20. The zero-order valence-electron chi connectivity index (χ0n) is 10.4. The first-order chi connectivity index (χ1) is 8.25. The Kier molecular flexibility index (Phi) is 4.29. The molecule has 0 heterocycles. The van der Waals surface area contributed by atoms with Gasteiger partial charge in [-0.25, -0.2) is 0 Å². The predicted octanol–water partition coefficient (Wildman–Crippen LogP) is 2.73. The van der Waals surface area contributed by atoms with E-state index >= 15 is 0 Å². The number of alkyl halides is 1. The maximum absolute atomic E-state index is 12.0. The first-order valence-electron chi connectivity index (χ1n) is 5.45. The van der Waals surface area contributed by atoms with Crippen LogP contribution in [0.25, 0.3) is 0 Å². The van der Waals surface area contributed by atoms with Crippen molar-refractivity contribution in [2.45, 2.75) is 31.7 Å². The summed E-state index contributed by atoms with van der Waals surface area (Å²) in [6, 6.07) is 5.82. The van der Waals surface area contributed by atoms with Crippen molar-refractivity contribution in [2.24, 2.45) is 0 Å². The Morgan fingerprint density at radius 2 is 2.00 bits per heavy atom. The van der Waals surface area contributed by atoms with Crippen LogP contribution in [0.5, 0.6) is 0 Å². The highest BCUT2D eigenvalue weighted by Gasteiger charge is 2.29. The molecule has 0 spiro atoms. The van der Waals surface area contributed by atoms with Gasteiger partial charge in [0.25, 0.3) is 11.6 Å². The highest BCUT2D eigenvalue weighted by molar-refractivity contribution is 6.21. The third-order valence-corrected chi connectivity index (χ3v) is 3.32. The van der Waals surface area contributed by atoms with Gasteiger partial charge in [0, 0.05) is 6.07 Å². The zero-order chi connectivity index (χ0) is 13.9. The van der Waals surface area contributed by atoms with Crippen molar-refractivity contribution < 1.29 is 9.72 Å². The van der Waals surface area contributed by atoms with Gasteiger partial charge in [0.05, 0.1) is 15.8 Å². The van der Waals surface area contributed by atoms with Crippen molar-refractivity contribution in [1.82, 2.24) is 5.32 Å². The highest BCUT2D eigenvalue weighted by Crippen LogP contribution is 2.20. The summed E-state index contributed by atoms with van der Waals surface area (Å²) in [5.74, 6) is -0.500. The predicted molar refractivity (Wildman–Crippen MR) is 70.0 cm³/mol. The third-order valence-electron chi connectivity index (χ3n) is 2.78. The molecule has 0 saturated heterocycles. The van der Waals surface area contributed by atoms with Crippen molar-refractivity contribution in [3.63, 3.8) is 0 Å². The van der Waals surface area contributed by atoms with Crippen LogP contribution < -0.4 is 5.32 Å². The molecule has 0 aromatic heterocycles. The molecular formula is C12H15ClN2O3. The molecule has 1 N–H and O–H groups in total. The SMILES string of the molecule is CC(Cl)C(C)(C)NC(=O)c1ccccc1[N+](=O)[O-]. The summed E-state index contributed by atoms with van der Waals surface area (Å²) in [6.45, 7) is 5.27. The molecule has 0 fully saturated rings. The fraction of sp³-hybridized carbons (Fsp3) is 0.417. The Bertz CT molecular complexity index is 472. The lowest BCUT2D eigenvalue weighted by Gasteiger charge is -2.28. The highest BCUT2D eigenvalue weighted by atomic mass is 35.5. The van der Waals surface area contributed by atoms with Crippen LogP contribution in [0, 0.1) is 10.1 Å². The number of nitrogens with zero attached hydrogens (tertiary/aromatic N) is 1. The Morgan fingerprint density at radius 1 is 1.44 bits per heavy atom. The van der Waals surface area contributed by atoms with Crippen LogP contribution in [0.4, 0.5) is 5.69 Å². The van der Waals surface area contributed by atoms with Gasteiger partial charge in [0.1, 0.15) is 5.56 Å². The minimum absolute atomic E-state index is 0.0351. The van der Waals surface area contributed by atoms with Gasteiger partial charge in [-0.05, 0) is 26.8 Å². The van der Waals surface area contributed by atoms with E-state index < -0.39 is 16.4 Å². The molecule has 1 aromatic rings. The van der Waals surface area contributed by atoms with Crippen molar-refractivity contribution in [3.05, 3.63) is 39.9 Å². The van der Waals surface area contributed by atoms with Crippen molar-refractivity contribution >= 4 is 23.2 Å². The molecule has 18 heavy (non-hydrogen) atoms. The van der Waals surface area contributed by atoms with Crippen LogP contribution in [-0.2, 0) is 0 Å². The molecule has 5 nitrogen and oxygen atoms in total. The molecule has 1 amide bonds. The van der Waals surface area contributed by atoms with Crippen LogP contribution >= 0.6 is 11.6 Å². The monoisotopic (exact) mass is 270 g/mol. The number of benzene rings is 1. The lowest BCUT2D eigenvalue weighted by atomic mass is 10.0. The number of carbonyl (C=O) groups excluding carboxylic acids is 1. The molecule has 1 unspecified atom stereocenters. The summed E-state index contributed by atoms with van der Waals surface area (Å²) >= 11 is 5.95. The molecule has 1 rings (SSSR count). The number of amides is 1. The van der Waals surface area contributed by atoms with Gasteiger partial charge in [0.15, 0.2) is 0 Å². The molecule has 0 bridgehead atoms. The van der Waals surface area contributed by atoms with Crippen LogP contribution in [0.3, 0.4) is 0 Å². The second-order valence-corrected chi connectivity index (χ2v) is 5.22. The number of nitro groups is 1. The topological polar surface area (TPSA) is 72.2 Å². The lowest BCUT2D eigenvalue weighted by molar-refractivity contribution is -0.385. The van der Waals surface area contributed by atoms with E-state index in [1.807, 2.05) is 0 Å². The number of para-hydroxylation sites is 1. The molecule has 0 radical (unpaired) electrons. The smallest absolute Gasteiger partial charge is 0.282 e. The zero-order valence-corrected chi connectivity index (χ0v) is 11.2. The fourth-order valence-electron chi connectivity index (χ4n) is 1.28. The van der Waals surface area contributed by atoms with Crippen LogP contribution in [0.1, 0.15) is 31.1 Å². The van der Waals surface area contributed by atoms with E-state index in [-0.39, 0.29) is 16.6 Å². The van der Waals surface area contributed by atoms with Gasteiger partial charge in [-0.1, -0.05) is 12.1 Å². The minimum atomic E-state index is -0.650. The second kappa shape index (κ2) is 5.35. The summed E-state index contributed by atoms with van der Waals surface area (Å²) in [6.07, 6.45) is 0. The van der Waals surface area contributed by atoms with E-state index in [0.717, 1.165) is 0 Å². The summed E-state index contributed by atoms with van der Waals surface area (Å²) in [7, 11) is 0. The molecule has 0 aliphatic heterocycles. The maximum Gasteiger partial charge on any atom is 0.282 e. The van der Waals surface area contributed by atoms with Crippen molar-refractivity contribution in [2.75, 3.05) is 0 Å². The van der Waals surface area contributed by atoms with Gasteiger partial charge < -0.3 is 5.32 Å². The van der Waals surface area contributed by atoms with Gasteiger partial charge >= 0.3 is 0 Å². The maximum atomic E-state index is 12.0. The van der Waals surface area contributed by atoms with E-state index in [1.54, 1.807) is 26.8 Å². The fourth-order valence-corrected chi connectivity index (χ4v) is 1.34. The standard InChI is InChI=1S/C12H15ClN2O3/c1-8(13)12(2,3)14-11(16)9-6-4-5-7-10(9)15(17)18/h4-8H,1-3H3,(H,14,16). The number of halogens is 1. The Labute approximate surface area is 110 Å².